The monoisotopic (exact) mass is 323 g/mol. The van der Waals surface area contributed by atoms with Gasteiger partial charge in [-0.15, -0.1) is 0 Å². The molecule has 1 fully saturated rings. The number of rotatable bonds is 5. The lowest BCUT2D eigenvalue weighted by atomic mass is 9.93. The van der Waals surface area contributed by atoms with Crippen molar-refractivity contribution in [1.29, 1.82) is 0 Å². The van der Waals surface area contributed by atoms with Gasteiger partial charge in [-0.3, -0.25) is 14.9 Å². The average molecular weight is 324 g/mol. The molecule has 6 nitrogen and oxygen atoms in total. The summed E-state index contributed by atoms with van der Waals surface area (Å²) in [7, 11) is 0. The quantitative estimate of drug-likeness (QED) is 0.769. The molecule has 0 spiro atoms. The van der Waals surface area contributed by atoms with Gasteiger partial charge in [0.15, 0.2) is 0 Å². The Labute approximate surface area is 133 Å². The zero-order valence-electron chi connectivity index (χ0n) is 12.2. The molecule has 4 amide bonds. The summed E-state index contributed by atoms with van der Waals surface area (Å²) in [6, 6.07) is 6.51. The summed E-state index contributed by atoms with van der Waals surface area (Å²) >= 11 is 6.01. The standard InChI is InChI=1S/C15H18ClN3O3/c1-9-11(14(21)19-15(22)18-9)6-7-13(20)17-8-10-4-2-3-5-12(10)16/h2-5,9,11H,6-8H2,1H3,(H,17,20)(H2,18,19,21,22). The molecule has 0 bridgehead atoms. The van der Waals surface area contributed by atoms with Crippen LogP contribution in [0, 0.1) is 5.92 Å². The van der Waals surface area contributed by atoms with Crippen molar-refractivity contribution in [2.75, 3.05) is 0 Å². The van der Waals surface area contributed by atoms with Crippen molar-refractivity contribution in [3.8, 4) is 0 Å². The van der Waals surface area contributed by atoms with Crippen LogP contribution >= 0.6 is 11.6 Å². The van der Waals surface area contributed by atoms with Crippen LogP contribution in [0.2, 0.25) is 5.02 Å². The van der Waals surface area contributed by atoms with Crippen molar-refractivity contribution < 1.29 is 14.4 Å². The van der Waals surface area contributed by atoms with E-state index in [9.17, 15) is 14.4 Å². The maximum absolute atomic E-state index is 11.9. The van der Waals surface area contributed by atoms with Gasteiger partial charge in [0, 0.05) is 24.0 Å². The van der Waals surface area contributed by atoms with Crippen molar-refractivity contribution in [3.63, 3.8) is 0 Å². The fourth-order valence-electron chi connectivity index (χ4n) is 2.37. The second-order valence-corrected chi connectivity index (χ2v) is 5.67. The van der Waals surface area contributed by atoms with Gasteiger partial charge in [0.2, 0.25) is 11.8 Å². The Hall–Kier alpha value is -2.08. The van der Waals surface area contributed by atoms with Gasteiger partial charge in [-0.25, -0.2) is 4.79 Å². The number of benzene rings is 1. The lowest BCUT2D eigenvalue weighted by Gasteiger charge is -2.28. The molecule has 1 aromatic rings. The predicted octanol–water partition coefficient (Wildman–Crippen LogP) is 1.58. The van der Waals surface area contributed by atoms with Gasteiger partial charge in [0.05, 0.1) is 5.92 Å². The van der Waals surface area contributed by atoms with Gasteiger partial charge in [-0.05, 0) is 25.0 Å². The van der Waals surface area contributed by atoms with Crippen molar-refractivity contribution in [3.05, 3.63) is 34.9 Å². The second kappa shape index (κ2) is 7.26. The molecule has 22 heavy (non-hydrogen) atoms. The topological polar surface area (TPSA) is 87.3 Å². The zero-order chi connectivity index (χ0) is 16.1. The molecule has 0 aliphatic carbocycles. The number of nitrogens with one attached hydrogen (secondary N) is 3. The third-order valence-corrected chi connectivity index (χ3v) is 4.02. The number of amides is 4. The zero-order valence-corrected chi connectivity index (χ0v) is 12.9. The third kappa shape index (κ3) is 4.21. The molecule has 1 saturated heterocycles. The Morgan fingerprint density at radius 2 is 2.05 bits per heavy atom. The Kier molecular flexibility index (Phi) is 5.38. The first-order valence-electron chi connectivity index (χ1n) is 7.09. The molecule has 0 radical (unpaired) electrons. The molecule has 0 saturated carbocycles. The van der Waals surface area contributed by atoms with Crippen LogP contribution in [0.15, 0.2) is 24.3 Å². The molecule has 1 aliphatic rings. The van der Waals surface area contributed by atoms with E-state index < -0.39 is 11.9 Å². The average Bonchev–Trinajstić information content (AvgIpc) is 2.45. The second-order valence-electron chi connectivity index (χ2n) is 5.26. The molecule has 7 heteroatoms. The summed E-state index contributed by atoms with van der Waals surface area (Å²) < 4.78 is 0. The highest BCUT2D eigenvalue weighted by Gasteiger charge is 2.32. The van der Waals surface area contributed by atoms with Gasteiger partial charge in [0.25, 0.3) is 0 Å². The predicted molar refractivity (Wildman–Crippen MR) is 82.2 cm³/mol. The summed E-state index contributed by atoms with van der Waals surface area (Å²) in [6.45, 7) is 2.10. The van der Waals surface area contributed by atoms with Crippen molar-refractivity contribution in [2.45, 2.75) is 32.4 Å². The fourth-order valence-corrected chi connectivity index (χ4v) is 2.57. The highest BCUT2D eigenvalue weighted by Crippen LogP contribution is 2.16. The first-order chi connectivity index (χ1) is 10.5. The Balaban J connectivity index is 1.79. The number of carbonyl (C=O) groups excluding carboxylic acids is 3. The fraction of sp³-hybridized carbons (Fsp3) is 0.400. The van der Waals surface area contributed by atoms with E-state index in [1.165, 1.54) is 0 Å². The number of imide groups is 1. The molecule has 118 valence electrons. The smallest absolute Gasteiger partial charge is 0.321 e. The highest BCUT2D eigenvalue weighted by molar-refractivity contribution is 6.31. The number of carbonyl (C=O) groups is 3. The Morgan fingerprint density at radius 1 is 1.32 bits per heavy atom. The van der Waals surface area contributed by atoms with Gasteiger partial charge in [-0.2, -0.15) is 0 Å². The minimum atomic E-state index is -0.489. The van der Waals surface area contributed by atoms with E-state index in [1.807, 2.05) is 18.2 Å². The molecule has 1 heterocycles. The Bertz CT molecular complexity index is 591. The van der Waals surface area contributed by atoms with E-state index in [0.717, 1.165) is 5.56 Å². The van der Waals surface area contributed by atoms with E-state index >= 15 is 0 Å². The highest BCUT2D eigenvalue weighted by atomic mass is 35.5. The van der Waals surface area contributed by atoms with Crippen molar-refractivity contribution >= 4 is 29.4 Å². The molecular formula is C15H18ClN3O3. The molecule has 1 aromatic carbocycles. The maximum atomic E-state index is 11.9. The van der Waals surface area contributed by atoms with Crippen LogP contribution in [0.25, 0.3) is 0 Å². The van der Waals surface area contributed by atoms with Crippen LogP contribution in [0.3, 0.4) is 0 Å². The number of hydrogen-bond donors (Lipinski definition) is 3. The molecule has 1 aliphatic heterocycles. The number of halogens is 1. The molecule has 2 unspecified atom stereocenters. The van der Waals surface area contributed by atoms with E-state index in [-0.39, 0.29) is 24.3 Å². The lowest BCUT2D eigenvalue weighted by Crippen LogP contribution is -2.57. The van der Waals surface area contributed by atoms with Gasteiger partial charge >= 0.3 is 6.03 Å². The van der Waals surface area contributed by atoms with Gasteiger partial charge in [-0.1, -0.05) is 29.8 Å². The number of urea groups is 1. The summed E-state index contributed by atoms with van der Waals surface area (Å²) in [6.07, 6.45) is 0.588. The van der Waals surface area contributed by atoms with Crippen LogP contribution in [0.5, 0.6) is 0 Å². The first kappa shape index (κ1) is 16.3. The normalized spacial score (nSPS) is 21.0. The summed E-state index contributed by atoms with van der Waals surface area (Å²) in [5.74, 6) is -0.893. The number of hydrogen-bond acceptors (Lipinski definition) is 3. The molecule has 2 atom stereocenters. The van der Waals surface area contributed by atoms with Crippen molar-refractivity contribution in [1.82, 2.24) is 16.0 Å². The summed E-state index contributed by atoms with van der Waals surface area (Å²) in [5.41, 5.74) is 0.841. The Morgan fingerprint density at radius 3 is 2.73 bits per heavy atom. The minimum Gasteiger partial charge on any atom is -0.352 e. The van der Waals surface area contributed by atoms with Crippen molar-refractivity contribution in [2.24, 2.45) is 5.92 Å². The van der Waals surface area contributed by atoms with E-state index in [2.05, 4.69) is 16.0 Å². The van der Waals surface area contributed by atoms with Crippen LogP contribution in [0.1, 0.15) is 25.3 Å². The molecule has 0 aromatic heterocycles. The first-order valence-corrected chi connectivity index (χ1v) is 7.46. The molecule has 3 N–H and O–H groups in total. The van der Waals surface area contributed by atoms with Crippen LogP contribution in [-0.4, -0.2) is 23.9 Å². The van der Waals surface area contributed by atoms with Crippen LogP contribution in [0.4, 0.5) is 4.79 Å². The maximum Gasteiger partial charge on any atom is 0.321 e. The van der Waals surface area contributed by atoms with Crippen LogP contribution in [-0.2, 0) is 16.1 Å². The third-order valence-electron chi connectivity index (χ3n) is 3.65. The minimum absolute atomic E-state index is 0.156. The van der Waals surface area contributed by atoms with Gasteiger partial charge < -0.3 is 10.6 Å². The van der Waals surface area contributed by atoms with E-state index in [0.29, 0.717) is 18.0 Å². The summed E-state index contributed by atoms with van der Waals surface area (Å²) in [5, 5.41) is 8.22. The summed E-state index contributed by atoms with van der Waals surface area (Å²) in [4.78, 5) is 34.7. The van der Waals surface area contributed by atoms with Crippen LogP contribution < -0.4 is 16.0 Å². The van der Waals surface area contributed by atoms with E-state index in [1.54, 1.807) is 13.0 Å². The SMILES string of the molecule is CC1NC(=O)NC(=O)C1CCC(=O)NCc1ccccc1Cl. The van der Waals surface area contributed by atoms with E-state index in [4.69, 9.17) is 11.6 Å². The lowest BCUT2D eigenvalue weighted by molar-refractivity contribution is -0.126. The largest absolute Gasteiger partial charge is 0.352 e. The molecular weight excluding hydrogens is 306 g/mol. The molecule has 2 rings (SSSR count). The van der Waals surface area contributed by atoms with Gasteiger partial charge in [0.1, 0.15) is 0 Å².